The van der Waals surface area contributed by atoms with Gasteiger partial charge >= 0.3 is 0 Å². The van der Waals surface area contributed by atoms with E-state index in [1.54, 1.807) is 4.90 Å². The Morgan fingerprint density at radius 1 is 1.04 bits per heavy atom. The number of amides is 1. The summed E-state index contributed by atoms with van der Waals surface area (Å²) in [6, 6.07) is 12.3. The summed E-state index contributed by atoms with van der Waals surface area (Å²) in [6.45, 7) is 6.84. The summed E-state index contributed by atoms with van der Waals surface area (Å²) in [5.74, 6) is 1.24. The summed E-state index contributed by atoms with van der Waals surface area (Å²) in [6.07, 6.45) is 6.27. The molecule has 1 aliphatic carbocycles. The molecule has 0 radical (unpaired) electrons. The second-order valence-electron chi connectivity index (χ2n) is 7.53. The smallest absolute Gasteiger partial charge is 0.289 e. The number of nitrogens with zero attached hydrogens (tertiary/aromatic N) is 2. The van der Waals surface area contributed by atoms with Crippen LogP contribution in [0.25, 0.3) is 0 Å². The van der Waals surface area contributed by atoms with Gasteiger partial charge in [-0.3, -0.25) is 9.69 Å². The van der Waals surface area contributed by atoms with Gasteiger partial charge in [-0.25, -0.2) is 0 Å². The molecule has 0 spiro atoms. The van der Waals surface area contributed by atoms with Gasteiger partial charge in [-0.05, 0) is 50.5 Å². The summed E-state index contributed by atoms with van der Waals surface area (Å²) in [5, 5.41) is 0.806. The lowest BCUT2D eigenvalue weighted by Gasteiger charge is -2.34. The minimum Gasteiger partial charge on any atom is -0.455 e. The van der Waals surface area contributed by atoms with E-state index in [0.29, 0.717) is 31.4 Å². The van der Waals surface area contributed by atoms with Gasteiger partial charge < -0.3 is 9.32 Å². The van der Waals surface area contributed by atoms with Gasteiger partial charge in [0.2, 0.25) is 0 Å². The van der Waals surface area contributed by atoms with E-state index >= 15 is 0 Å². The summed E-state index contributed by atoms with van der Waals surface area (Å²) in [4.78, 5) is 16.8. The number of hydrogen-bond donors (Lipinski definition) is 0. The molecule has 0 bridgehead atoms. The van der Waals surface area contributed by atoms with Crippen molar-refractivity contribution in [1.82, 2.24) is 9.80 Å². The zero-order valence-corrected chi connectivity index (χ0v) is 17.8. The molecule has 1 amide bonds. The highest BCUT2D eigenvalue weighted by Crippen LogP contribution is 2.28. The Balaban J connectivity index is 1.76. The molecule has 2 aromatic rings. The number of halogens is 1. The van der Waals surface area contributed by atoms with Crippen molar-refractivity contribution in [3.63, 3.8) is 0 Å². The normalized spacial score (nSPS) is 15.1. The molecule has 0 unspecified atom stereocenters. The van der Waals surface area contributed by atoms with Crippen LogP contribution in [0.5, 0.6) is 0 Å². The molecule has 5 heteroatoms. The zero-order valence-electron chi connectivity index (χ0n) is 17.0. The maximum Gasteiger partial charge on any atom is 0.289 e. The van der Waals surface area contributed by atoms with Crippen LogP contribution in [0.4, 0.5) is 0 Å². The lowest BCUT2D eigenvalue weighted by Crippen LogP contribution is -2.35. The first kappa shape index (κ1) is 20.9. The van der Waals surface area contributed by atoms with Gasteiger partial charge in [0, 0.05) is 30.7 Å². The van der Waals surface area contributed by atoms with Crippen molar-refractivity contribution in [2.75, 3.05) is 13.1 Å². The van der Waals surface area contributed by atoms with Crippen molar-refractivity contribution in [1.29, 1.82) is 0 Å². The molecule has 1 aromatic carbocycles. The highest BCUT2D eigenvalue weighted by molar-refractivity contribution is 6.31. The van der Waals surface area contributed by atoms with Crippen LogP contribution in [0.3, 0.4) is 0 Å². The first-order chi connectivity index (χ1) is 13.6. The molecule has 0 atom stereocenters. The van der Waals surface area contributed by atoms with Crippen molar-refractivity contribution < 1.29 is 9.21 Å². The minimum absolute atomic E-state index is 0.0356. The van der Waals surface area contributed by atoms with E-state index in [4.69, 9.17) is 16.0 Å². The first-order valence-corrected chi connectivity index (χ1v) is 10.9. The van der Waals surface area contributed by atoms with Crippen molar-refractivity contribution in [2.45, 2.75) is 65.1 Å². The minimum atomic E-state index is -0.0356. The standard InChI is InChI=1S/C23H31ClN2O2/c1-3-25(4-2)23(27)22-15-14-20(28-22)17-26(19-11-6-5-7-12-19)16-18-10-8-9-13-21(18)24/h8-10,13-15,19H,3-7,11-12,16-17H2,1-2H3. The van der Waals surface area contributed by atoms with Crippen molar-refractivity contribution in [3.05, 3.63) is 58.5 Å². The Kier molecular flexibility index (Phi) is 7.57. The number of carbonyl (C=O) groups is 1. The predicted molar refractivity (Wildman–Crippen MR) is 114 cm³/mol. The van der Waals surface area contributed by atoms with Crippen LogP contribution in [0.1, 0.15) is 67.8 Å². The third-order valence-electron chi connectivity index (χ3n) is 5.70. The fraction of sp³-hybridized carbons (Fsp3) is 0.522. The second-order valence-corrected chi connectivity index (χ2v) is 7.94. The van der Waals surface area contributed by atoms with E-state index < -0.39 is 0 Å². The molecule has 1 aromatic heterocycles. The van der Waals surface area contributed by atoms with Crippen LogP contribution in [-0.2, 0) is 13.1 Å². The molecular weight excluding hydrogens is 372 g/mol. The molecule has 4 nitrogen and oxygen atoms in total. The Labute approximate surface area is 173 Å². The van der Waals surface area contributed by atoms with Crippen LogP contribution in [0, 0.1) is 0 Å². The molecule has 3 rings (SSSR count). The molecular formula is C23H31ClN2O2. The molecule has 1 heterocycles. The van der Waals surface area contributed by atoms with Gasteiger partial charge in [0.25, 0.3) is 5.91 Å². The molecule has 0 N–H and O–H groups in total. The number of rotatable bonds is 8. The lowest BCUT2D eigenvalue weighted by molar-refractivity contribution is 0.0733. The van der Waals surface area contributed by atoms with Gasteiger partial charge in [0.15, 0.2) is 5.76 Å². The fourth-order valence-corrected chi connectivity index (χ4v) is 4.25. The van der Waals surface area contributed by atoms with Crippen LogP contribution in [0.2, 0.25) is 5.02 Å². The Morgan fingerprint density at radius 2 is 1.75 bits per heavy atom. The first-order valence-electron chi connectivity index (χ1n) is 10.5. The van der Waals surface area contributed by atoms with E-state index in [1.165, 1.54) is 32.1 Å². The molecule has 28 heavy (non-hydrogen) atoms. The largest absolute Gasteiger partial charge is 0.455 e. The Morgan fingerprint density at radius 3 is 2.43 bits per heavy atom. The van der Waals surface area contributed by atoms with Crippen LogP contribution in [0.15, 0.2) is 40.8 Å². The summed E-state index contributed by atoms with van der Waals surface area (Å²) < 4.78 is 5.95. The average molecular weight is 403 g/mol. The maximum absolute atomic E-state index is 12.5. The fourth-order valence-electron chi connectivity index (χ4n) is 4.05. The van der Waals surface area contributed by atoms with E-state index in [0.717, 1.165) is 22.9 Å². The highest BCUT2D eigenvalue weighted by atomic mass is 35.5. The van der Waals surface area contributed by atoms with Gasteiger partial charge in [0.1, 0.15) is 5.76 Å². The van der Waals surface area contributed by atoms with Gasteiger partial charge in [0.05, 0.1) is 6.54 Å². The molecule has 1 aliphatic rings. The van der Waals surface area contributed by atoms with E-state index in [-0.39, 0.29) is 5.91 Å². The average Bonchev–Trinajstić information content (AvgIpc) is 3.19. The van der Waals surface area contributed by atoms with Gasteiger partial charge in [-0.15, -0.1) is 0 Å². The topological polar surface area (TPSA) is 36.7 Å². The van der Waals surface area contributed by atoms with E-state index in [1.807, 2.05) is 44.2 Å². The monoisotopic (exact) mass is 402 g/mol. The van der Waals surface area contributed by atoms with Gasteiger partial charge in [-0.2, -0.15) is 0 Å². The van der Waals surface area contributed by atoms with Gasteiger partial charge in [-0.1, -0.05) is 49.1 Å². The molecule has 0 aliphatic heterocycles. The number of furan rings is 1. The third kappa shape index (κ3) is 5.18. The number of hydrogen-bond acceptors (Lipinski definition) is 3. The molecule has 0 saturated heterocycles. The molecule has 1 fully saturated rings. The molecule has 1 saturated carbocycles. The van der Waals surface area contributed by atoms with E-state index in [9.17, 15) is 4.79 Å². The lowest BCUT2D eigenvalue weighted by atomic mass is 9.93. The van der Waals surface area contributed by atoms with Crippen molar-refractivity contribution in [2.24, 2.45) is 0 Å². The van der Waals surface area contributed by atoms with Crippen LogP contribution < -0.4 is 0 Å². The predicted octanol–water partition coefficient (Wildman–Crippen LogP) is 5.75. The highest BCUT2D eigenvalue weighted by Gasteiger charge is 2.24. The van der Waals surface area contributed by atoms with Crippen LogP contribution in [-0.4, -0.2) is 34.8 Å². The second kappa shape index (κ2) is 10.1. The maximum atomic E-state index is 12.5. The summed E-state index contributed by atoms with van der Waals surface area (Å²) in [7, 11) is 0. The molecule has 152 valence electrons. The quantitative estimate of drug-likeness (QED) is 0.564. The van der Waals surface area contributed by atoms with Crippen molar-refractivity contribution in [3.8, 4) is 0 Å². The Bertz CT molecular complexity index is 763. The third-order valence-corrected chi connectivity index (χ3v) is 6.07. The summed E-state index contributed by atoms with van der Waals surface area (Å²) in [5.41, 5.74) is 1.14. The zero-order chi connectivity index (χ0) is 19.9. The number of carbonyl (C=O) groups excluding carboxylic acids is 1. The number of benzene rings is 1. The summed E-state index contributed by atoms with van der Waals surface area (Å²) >= 11 is 6.42. The Hall–Kier alpha value is -1.78. The van der Waals surface area contributed by atoms with Crippen molar-refractivity contribution >= 4 is 17.5 Å². The van der Waals surface area contributed by atoms with E-state index in [2.05, 4.69) is 11.0 Å². The van der Waals surface area contributed by atoms with Crippen LogP contribution >= 0.6 is 11.6 Å². The SMILES string of the molecule is CCN(CC)C(=O)c1ccc(CN(Cc2ccccc2Cl)C2CCCCC2)o1.